The highest BCUT2D eigenvalue weighted by molar-refractivity contribution is 5.38. The second kappa shape index (κ2) is 9.05. The summed E-state index contributed by atoms with van der Waals surface area (Å²) in [6.07, 6.45) is 32.2. The van der Waals surface area contributed by atoms with E-state index in [0.717, 1.165) is 29.6 Å². The first-order chi connectivity index (χ1) is 15.8. The molecule has 180 valence electrons. The zero-order valence-corrected chi connectivity index (χ0v) is 21.9. The fraction of sp³-hybridized carbons (Fsp3) is 0.697. The molecule has 0 aromatic rings. The van der Waals surface area contributed by atoms with Gasteiger partial charge in [0.1, 0.15) is 0 Å². The van der Waals surface area contributed by atoms with Gasteiger partial charge in [0.05, 0.1) is 0 Å². The van der Waals surface area contributed by atoms with E-state index in [9.17, 15) is 0 Å². The molecular formula is C33H48. The topological polar surface area (TPSA) is 0 Å². The van der Waals surface area contributed by atoms with Crippen LogP contribution < -0.4 is 0 Å². The van der Waals surface area contributed by atoms with Crippen molar-refractivity contribution in [3.05, 3.63) is 60.3 Å². The van der Waals surface area contributed by atoms with Gasteiger partial charge in [0.15, 0.2) is 0 Å². The molecule has 0 bridgehead atoms. The molecule has 0 amide bonds. The summed E-state index contributed by atoms with van der Waals surface area (Å²) in [6, 6.07) is 0. The quantitative estimate of drug-likeness (QED) is 0.370. The predicted molar refractivity (Wildman–Crippen MR) is 143 cm³/mol. The van der Waals surface area contributed by atoms with Gasteiger partial charge >= 0.3 is 0 Å². The Morgan fingerprint density at radius 2 is 1.64 bits per heavy atom. The normalized spacial score (nSPS) is 39.6. The van der Waals surface area contributed by atoms with Crippen molar-refractivity contribution in [3.8, 4) is 0 Å². The van der Waals surface area contributed by atoms with Crippen LogP contribution in [-0.4, -0.2) is 0 Å². The fourth-order valence-corrected chi connectivity index (χ4v) is 8.99. The smallest absolute Gasteiger partial charge is 0.00952 e. The van der Waals surface area contributed by atoms with Gasteiger partial charge in [0.2, 0.25) is 0 Å². The van der Waals surface area contributed by atoms with Crippen LogP contribution in [0.15, 0.2) is 60.3 Å². The lowest BCUT2D eigenvalue weighted by molar-refractivity contribution is -0.00529. The monoisotopic (exact) mass is 444 g/mol. The van der Waals surface area contributed by atoms with Gasteiger partial charge < -0.3 is 0 Å². The molecule has 0 aromatic heterocycles. The van der Waals surface area contributed by atoms with Crippen molar-refractivity contribution in [1.29, 1.82) is 0 Å². The highest BCUT2D eigenvalue weighted by Crippen LogP contribution is 2.66. The van der Waals surface area contributed by atoms with Crippen molar-refractivity contribution in [1.82, 2.24) is 0 Å². The van der Waals surface area contributed by atoms with Crippen molar-refractivity contribution in [2.24, 2.45) is 52.3 Å². The third kappa shape index (κ3) is 4.19. The van der Waals surface area contributed by atoms with E-state index in [-0.39, 0.29) is 5.41 Å². The Balaban J connectivity index is 1.55. The number of fused-ring (bicyclic) bond motifs is 3. The summed E-state index contributed by atoms with van der Waals surface area (Å²) in [6.45, 7) is 13.6. The van der Waals surface area contributed by atoms with E-state index in [0.29, 0.717) is 17.3 Å². The van der Waals surface area contributed by atoms with E-state index in [2.05, 4.69) is 76.8 Å². The van der Waals surface area contributed by atoms with Crippen molar-refractivity contribution in [2.75, 3.05) is 0 Å². The zero-order chi connectivity index (χ0) is 23.2. The lowest BCUT2D eigenvalue weighted by Gasteiger charge is -2.51. The summed E-state index contributed by atoms with van der Waals surface area (Å²) < 4.78 is 0. The van der Waals surface area contributed by atoms with Gasteiger partial charge in [-0.15, -0.1) is 6.58 Å². The van der Waals surface area contributed by atoms with Crippen LogP contribution in [0.1, 0.15) is 91.9 Å². The fourth-order valence-electron chi connectivity index (χ4n) is 8.99. The molecule has 3 saturated carbocycles. The molecule has 5 aliphatic carbocycles. The highest BCUT2D eigenvalue weighted by atomic mass is 14.6. The molecule has 0 aromatic carbocycles. The van der Waals surface area contributed by atoms with Crippen LogP contribution >= 0.6 is 0 Å². The molecule has 33 heavy (non-hydrogen) atoms. The largest absolute Gasteiger partial charge is 0.103 e. The molecule has 5 aliphatic rings. The summed E-state index contributed by atoms with van der Waals surface area (Å²) in [4.78, 5) is 0. The van der Waals surface area contributed by atoms with E-state index in [1.807, 2.05) is 0 Å². The Morgan fingerprint density at radius 1 is 0.939 bits per heavy atom. The second-order valence-corrected chi connectivity index (χ2v) is 13.4. The van der Waals surface area contributed by atoms with E-state index in [1.165, 1.54) is 69.8 Å². The summed E-state index contributed by atoms with van der Waals surface area (Å²) in [5, 5.41) is 0. The number of hydrogen-bond donors (Lipinski definition) is 0. The predicted octanol–water partition coefficient (Wildman–Crippen LogP) is 9.47. The summed E-state index contributed by atoms with van der Waals surface area (Å²) in [5.74, 6) is 5.55. The van der Waals surface area contributed by atoms with Crippen molar-refractivity contribution in [2.45, 2.75) is 91.9 Å². The van der Waals surface area contributed by atoms with E-state index in [1.54, 1.807) is 5.57 Å². The van der Waals surface area contributed by atoms with Crippen LogP contribution in [0.5, 0.6) is 0 Å². The van der Waals surface area contributed by atoms with E-state index >= 15 is 0 Å². The third-order valence-corrected chi connectivity index (χ3v) is 10.5. The van der Waals surface area contributed by atoms with Crippen LogP contribution in [-0.2, 0) is 0 Å². The third-order valence-electron chi connectivity index (χ3n) is 10.5. The molecule has 3 fully saturated rings. The number of rotatable bonds is 5. The lowest BCUT2D eigenvalue weighted by atomic mass is 9.53. The molecule has 7 unspecified atom stereocenters. The molecule has 5 rings (SSSR count). The van der Waals surface area contributed by atoms with Crippen LogP contribution in [0.25, 0.3) is 0 Å². The van der Waals surface area contributed by atoms with Gasteiger partial charge in [-0.2, -0.15) is 0 Å². The minimum Gasteiger partial charge on any atom is -0.103 e. The average molecular weight is 445 g/mol. The van der Waals surface area contributed by atoms with Gasteiger partial charge in [-0.05, 0) is 103 Å². The Labute approximate surface area is 204 Å². The first-order valence-electron chi connectivity index (χ1n) is 14.2. The Kier molecular flexibility index (Phi) is 6.43. The van der Waals surface area contributed by atoms with Crippen LogP contribution in [0.3, 0.4) is 0 Å². The number of hydrogen-bond acceptors (Lipinski definition) is 0. The Hall–Kier alpha value is -1.30. The van der Waals surface area contributed by atoms with Gasteiger partial charge in [0.25, 0.3) is 0 Å². The first kappa shape index (κ1) is 23.4. The van der Waals surface area contributed by atoms with E-state index in [4.69, 9.17) is 0 Å². The molecule has 0 radical (unpaired) electrons. The van der Waals surface area contributed by atoms with Crippen LogP contribution in [0.4, 0.5) is 0 Å². The maximum absolute atomic E-state index is 4.01. The van der Waals surface area contributed by atoms with Gasteiger partial charge in [-0.25, -0.2) is 0 Å². The summed E-state index contributed by atoms with van der Waals surface area (Å²) >= 11 is 0. The Bertz CT molecular complexity index is 849. The maximum atomic E-state index is 4.01. The molecule has 0 saturated heterocycles. The van der Waals surface area contributed by atoms with Crippen molar-refractivity contribution >= 4 is 0 Å². The summed E-state index contributed by atoms with van der Waals surface area (Å²) in [7, 11) is 0. The molecule has 7 atom stereocenters. The highest BCUT2D eigenvalue weighted by Gasteiger charge is 2.59. The minimum absolute atomic E-state index is 0.240. The van der Waals surface area contributed by atoms with Crippen molar-refractivity contribution < 1.29 is 0 Å². The van der Waals surface area contributed by atoms with Crippen LogP contribution in [0.2, 0.25) is 0 Å². The molecule has 0 spiro atoms. The van der Waals surface area contributed by atoms with Gasteiger partial charge in [0, 0.05) is 0 Å². The van der Waals surface area contributed by atoms with E-state index < -0.39 is 0 Å². The lowest BCUT2D eigenvalue weighted by Crippen LogP contribution is -2.44. The van der Waals surface area contributed by atoms with Gasteiger partial charge in [-0.3, -0.25) is 0 Å². The molecular weight excluding hydrogens is 396 g/mol. The Morgan fingerprint density at radius 3 is 2.33 bits per heavy atom. The van der Waals surface area contributed by atoms with Gasteiger partial charge in [-0.1, -0.05) is 94.6 Å². The molecule has 0 aliphatic heterocycles. The summed E-state index contributed by atoms with van der Waals surface area (Å²) in [5.41, 5.74) is 3.88. The first-order valence-corrected chi connectivity index (χ1v) is 14.2. The second-order valence-electron chi connectivity index (χ2n) is 13.4. The molecule has 0 heteroatoms. The average Bonchev–Trinajstić information content (AvgIpc) is 3.40. The molecule has 0 heterocycles. The number of allylic oxidation sites excluding steroid dienone is 9. The maximum Gasteiger partial charge on any atom is -0.00952 e. The van der Waals surface area contributed by atoms with Crippen molar-refractivity contribution in [3.63, 3.8) is 0 Å². The molecule has 0 nitrogen and oxygen atoms in total. The minimum atomic E-state index is 0.240. The zero-order valence-electron chi connectivity index (χ0n) is 21.9. The standard InChI is InChI=1S/C33H48/c1-6-7-11-24-13-14-26(21-24)33(18-9-8-10-19-33)31-29-20-23(2)12-16-27(29)28-17-15-25(22-30(28)31)32(3,4)5/h6,12,15-17,20,22,24,26-31H,1,7-11,13-14,18-19,21H2,2-5H3. The van der Waals surface area contributed by atoms with Crippen LogP contribution in [0, 0.1) is 52.3 Å². The SMILES string of the molecule is C=CCCC1CCC(C2(C3C4C=C(C)C=CC4C4C=CC(C(C)(C)C)=CC43)CCCCC2)C1. The molecule has 0 N–H and O–H groups in total.